The fourth-order valence-electron chi connectivity index (χ4n) is 3.43. The molecule has 0 radical (unpaired) electrons. The molecule has 1 amide bonds. The number of rotatable bonds is 5. The van der Waals surface area contributed by atoms with Crippen molar-refractivity contribution < 1.29 is 9.53 Å². The van der Waals surface area contributed by atoms with Gasteiger partial charge in [0.15, 0.2) is 5.17 Å². The minimum atomic E-state index is -0.180. The fourth-order valence-corrected chi connectivity index (χ4v) is 4.51. The van der Waals surface area contributed by atoms with Crippen molar-refractivity contribution in [1.29, 1.82) is 0 Å². The van der Waals surface area contributed by atoms with Gasteiger partial charge in [-0.05, 0) is 54.6 Å². The maximum absolute atomic E-state index is 12.5. The van der Waals surface area contributed by atoms with Crippen molar-refractivity contribution in [2.45, 2.75) is 13.3 Å². The monoisotopic (exact) mass is 441 g/mol. The molecule has 2 aromatic carbocycles. The van der Waals surface area contributed by atoms with E-state index in [0.29, 0.717) is 11.5 Å². The molecule has 2 heterocycles. The number of aliphatic imine (C=N–C) groups is 1. The Morgan fingerprint density at radius 2 is 1.77 bits per heavy atom. The molecule has 1 fully saturated rings. The summed E-state index contributed by atoms with van der Waals surface area (Å²) in [5, 5.41) is 1.53. The summed E-state index contributed by atoms with van der Waals surface area (Å²) in [5.74, 6) is 0.616. The number of halogens is 1. The zero-order chi connectivity index (χ0) is 20.9. The van der Waals surface area contributed by atoms with Crippen molar-refractivity contribution in [2.24, 2.45) is 4.99 Å². The van der Waals surface area contributed by atoms with Crippen LogP contribution in [0.15, 0.2) is 58.4 Å². The van der Waals surface area contributed by atoms with Gasteiger partial charge in [-0.3, -0.25) is 4.79 Å². The number of nitrogens with zero attached hydrogens (tertiary/aromatic N) is 3. The number of carbonyl (C=O) groups excluding carboxylic acids is 1. The Balaban J connectivity index is 1.40. The van der Waals surface area contributed by atoms with E-state index in [1.54, 1.807) is 0 Å². The van der Waals surface area contributed by atoms with Gasteiger partial charge in [0.25, 0.3) is 5.91 Å². The number of amides is 1. The fraction of sp³-hybridized carbons (Fsp3) is 0.304. The van der Waals surface area contributed by atoms with Crippen molar-refractivity contribution in [2.75, 3.05) is 37.7 Å². The molecule has 30 heavy (non-hydrogen) atoms. The third kappa shape index (κ3) is 4.82. The number of carbonyl (C=O) groups is 1. The molecule has 0 aromatic heterocycles. The first-order valence-corrected chi connectivity index (χ1v) is 11.3. The minimum absolute atomic E-state index is 0.180. The minimum Gasteiger partial charge on any atom is -0.493 e. The highest BCUT2D eigenvalue weighted by molar-refractivity contribution is 8.18. The van der Waals surface area contributed by atoms with Crippen LogP contribution in [0, 0.1) is 0 Å². The molecule has 0 N–H and O–H groups in total. The highest BCUT2D eigenvalue weighted by Crippen LogP contribution is 2.33. The van der Waals surface area contributed by atoms with Gasteiger partial charge >= 0.3 is 0 Å². The first kappa shape index (κ1) is 20.8. The predicted octanol–water partition coefficient (Wildman–Crippen LogP) is 4.92. The molecule has 0 atom stereocenters. The average molecular weight is 442 g/mol. The number of hydrogen-bond acceptors (Lipinski definition) is 5. The Hall–Kier alpha value is -2.44. The van der Waals surface area contributed by atoms with Crippen LogP contribution in [-0.4, -0.2) is 48.8 Å². The van der Waals surface area contributed by atoms with Crippen LogP contribution >= 0.6 is 23.4 Å². The highest BCUT2D eigenvalue weighted by atomic mass is 35.5. The van der Waals surface area contributed by atoms with Gasteiger partial charge in [0.05, 0.1) is 11.5 Å². The van der Waals surface area contributed by atoms with Gasteiger partial charge in [0.1, 0.15) is 5.75 Å². The van der Waals surface area contributed by atoms with E-state index in [1.165, 1.54) is 17.4 Å². The zero-order valence-corrected chi connectivity index (χ0v) is 18.5. The van der Waals surface area contributed by atoms with Crippen LogP contribution < -0.4 is 9.64 Å². The first-order chi connectivity index (χ1) is 14.6. The van der Waals surface area contributed by atoms with Gasteiger partial charge in [-0.15, -0.1) is 0 Å². The predicted molar refractivity (Wildman–Crippen MR) is 125 cm³/mol. The van der Waals surface area contributed by atoms with Crippen molar-refractivity contribution in [3.63, 3.8) is 0 Å². The summed E-state index contributed by atoms with van der Waals surface area (Å²) >= 11 is 7.44. The highest BCUT2D eigenvalue weighted by Gasteiger charge is 2.28. The smallest absolute Gasteiger partial charge is 0.286 e. The van der Waals surface area contributed by atoms with E-state index in [-0.39, 0.29) is 5.91 Å². The van der Waals surface area contributed by atoms with E-state index in [4.69, 9.17) is 16.3 Å². The molecule has 5 nitrogen and oxygen atoms in total. The molecular weight excluding hydrogens is 418 g/mol. The van der Waals surface area contributed by atoms with Crippen molar-refractivity contribution in [3.8, 4) is 5.75 Å². The second kappa shape index (κ2) is 9.58. The topological polar surface area (TPSA) is 45.1 Å². The van der Waals surface area contributed by atoms with E-state index in [9.17, 15) is 4.79 Å². The van der Waals surface area contributed by atoms with Crippen LogP contribution in [-0.2, 0) is 4.79 Å². The number of benzene rings is 2. The SMILES string of the molecule is CCCOc1ccccc1C=C1SC(N2CCN(c3ccc(Cl)cc3)CC2)=NC1=O. The lowest BCUT2D eigenvalue weighted by molar-refractivity contribution is -0.113. The summed E-state index contributed by atoms with van der Waals surface area (Å²) in [4.78, 5) is 22.0. The summed E-state index contributed by atoms with van der Waals surface area (Å²) < 4.78 is 5.81. The molecule has 0 saturated carbocycles. The molecule has 0 spiro atoms. The third-order valence-corrected chi connectivity index (χ3v) is 6.31. The molecule has 0 bridgehead atoms. The number of ether oxygens (including phenoxy) is 1. The Labute approximate surface area is 186 Å². The molecule has 4 rings (SSSR count). The summed E-state index contributed by atoms with van der Waals surface area (Å²) in [7, 11) is 0. The van der Waals surface area contributed by atoms with Gasteiger partial charge in [0.2, 0.25) is 0 Å². The van der Waals surface area contributed by atoms with Gasteiger partial charge in [-0.2, -0.15) is 4.99 Å². The largest absolute Gasteiger partial charge is 0.493 e. The maximum Gasteiger partial charge on any atom is 0.286 e. The lowest BCUT2D eigenvalue weighted by Crippen LogP contribution is -2.47. The maximum atomic E-state index is 12.5. The molecular formula is C23H24ClN3O2S. The number of piperazine rings is 1. The van der Waals surface area contributed by atoms with Crippen molar-refractivity contribution in [1.82, 2.24) is 4.90 Å². The van der Waals surface area contributed by atoms with E-state index < -0.39 is 0 Å². The second-order valence-corrected chi connectivity index (χ2v) is 8.59. The third-order valence-electron chi connectivity index (χ3n) is 5.02. The molecule has 7 heteroatoms. The number of anilines is 1. The van der Waals surface area contributed by atoms with Crippen LogP contribution in [0.4, 0.5) is 5.69 Å². The summed E-state index contributed by atoms with van der Waals surface area (Å²) in [6, 6.07) is 15.7. The lowest BCUT2D eigenvalue weighted by atomic mass is 10.2. The van der Waals surface area contributed by atoms with Crippen LogP contribution in [0.5, 0.6) is 5.75 Å². The summed E-state index contributed by atoms with van der Waals surface area (Å²) in [5.41, 5.74) is 2.08. The Morgan fingerprint density at radius 3 is 2.50 bits per heavy atom. The van der Waals surface area contributed by atoms with E-state index in [0.717, 1.165) is 54.1 Å². The molecule has 156 valence electrons. The first-order valence-electron chi connectivity index (χ1n) is 10.1. The standard InChI is InChI=1S/C23H24ClN3O2S/c1-2-15-29-20-6-4-3-5-17(20)16-21-22(28)25-23(30-21)27-13-11-26(12-14-27)19-9-7-18(24)8-10-19/h3-10,16H,2,11-15H2,1H3. The molecule has 2 aliphatic rings. The Bertz CT molecular complexity index is 967. The molecule has 2 aliphatic heterocycles. The zero-order valence-electron chi connectivity index (χ0n) is 16.9. The van der Waals surface area contributed by atoms with Crippen LogP contribution in [0.25, 0.3) is 6.08 Å². The van der Waals surface area contributed by atoms with Gasteiger partial charge in [-0.25, -0.2) is 0 Å². The van der Waals surface area contributed by atoms with Crippen molar-refractivity contribution in [3.05, 3.63) is 64.0 Å². The molecule has 0 aliphatic carbocycles. The van der Waals surface area contributed by atoms with Gasteiger partial charge < -0.3 is 14.5 Å². The van der Waals surface area contributed by atoms with Gasteiger partial charge in [-0.1, -0.05) is 36.7 Å². The van der Waals surface area contributed by atoms with E-state index >= 15 is 0 Å². The van der Waals surface area contributed by atoms with Crippen molar-refractivity contribution >= 4 is 46.2 Å². The Morgan fingerprint density at radius 1 is 1.07 bits per heavy atom. The van der Waals surface area contributed by atoms with Crippen LogP contribution in [0.3, 0.4) is 0 Å². The van der Waals surface area contributed by atoms with E-state index in [1.807, 2.05) is 54.6 Å². The van der Waals surface area contributed by atoms with E-state index in [2.05, 4.69) is 21.7 Å². The number of hydrogen-bond donors (Lipinski definition) is 0. The summed E-state index contributed by atoms with van der Waals surface area (Å²) in [6.45, 7) is 6.13. The van der Waals surface area contributed by atoms with Crippen LogP contribution in [0.1, 0.15) is 18.9 Å². The van der Waals surface area contributed by atoms with Crippen LogP contribution in [0.2, 0.25) is 5.02 Å². The average Bonchev–Trinajstić information content (AvgIpc) is 3.14. The molecule has 1 saturated heterocycles. The second-order valence-electron chi connectivity index (χ2n) is 7.15. The Kier molecular flexibility index (Phi) is 6.65. The number of thioether (sulfide) groups is 1. The normalized spacial score (nSPS) is 18.1. The molecule has 0 unspecified atom stereocenters. The summed E-state index contributed by atoms with van der Waals surface area (Å²) in [6.07, 6.45) is 2.83. The number of para-hydroxylation sites is 1. The quantitative estimate of drug-likeness (QED) is 0.616. The lowest BCUT2D eigenvalue weighted by Gasteiger charge is -2.36. The molecule has 2 aromatic rings. The number of amidine groups is 1. The van der Waals surface area contributed by atoms with Gasteiger partial charge in [0, 0.05) is 42.5 Å².